The van der Waals surface area contributed by atoms with Gasteiger partial charge in [0.1, 0.15) is 5.69 Å². The lowest BCUT2D eigenvalue weighted by Gasteiger charge is -2.03. The second-order valence-corrected chi connectivity index (χ2v) is 4.89. The lowest BCUT2D eigenvalue weighted by molar-refractivity contribution is -0.131. The Morgan fingerprint density at radius 2 is 1.95 bits per heavy atom. The van der Waals surface area contributed by atoms with Crippen molar-refractivity contribution >= 4 is 39.6 Å². The number of aromatic nitrogens is 1. The minimum atomic E-state index is -1.00. The molecule has 0 aliphatic rings. The van der Waals surface area contributed by atoms with Crippen molar-refractivity contribution in [2.45, 2.75) is 0 Å². The minimum Gasteiger partial charge on any atom is -0.478 e. The third kappa shape index (κ3) is 3.83. The molecule has 1 aromatic heterocycles. The van der Waals surface area contributed by atoms with E-state index < -0.39 is 5.97 Å². The van der Waals surface area contributed by atoms with Crippen molar-refractivity contribution in [2.24, 2.45) is 0 Å². The maximum absolute atomic E-state index is 11.9. The zero-order valence-corrected chi connectivity index (χ0v) is 11.8. The Morgan fingerprint density at radius 3 is 2.50 bits per heavy atom. The number of nitrogens with one attached hydrogen (secondary N) is 2. The fraction of sp³-hybridized carbons (Fsp3) is 0. The standard InChI is InChI=1S/C14H11BrN2O3/c15-10-7-12(16-8-10)14(20)17-11-4-1-9(2-5-11)3-6-13(18)19/h1-8,16H,(H,17,20)(H,18,19)/b6-3+. The molecule has 3 N–H and O–H groups in total. The lowest BCUT2D eigenvalue weighted by Crippen LogP contribution is -2.11. The minimum absolute atomic E-state index is 0.246. The van der Waals surface area contributed by atoms with Crippen molar-refractivity contribution in [3.63, 3.8) is 0 Å². The number of carboxylic acid groups (broad SMARTS) is 1. The molecule has 0 radical (unpaired) electrons. The van der Waals surface area contributed by atoms with Crippen molar-refractivity contribution in [2.75, 3.05) is 5.32 Å². The molecule has 1 heterocycles. The van der Waals surface area contributed by atoms with Crippen LogP contribution in [0.1, 0.15) is 16.1 Å². The van der Waals surface area contributed by atoms with Gasteiger partial charge in [0.2, 0.25) is 0 Å². The van der Waals surface area contributed by atoms with E-state index in [1.54, 1.807) is 36.5 Å². The molecule has 0 saturated carbocycles. The molecule has 6 heteroatoms. The van der Waals surface area contributed by atoms with E-state index in [2.05, 4.69) is 26.2 Å². The highest BCUT2D eigenvalue weighted by Crippen LogP contribution is 2.14. The van der Waals surface area contributed by atoms with Gasteiger partial charge in [0.25, 0.3) is 5.91 Å². The summed E-state index contributed by atoms with van der Waals surface area (Å²) in [5.41, 5.74) is 1.83. The molecule has 0 bridgehead atoms. The molecular formula is C14H11BrN2O3. The molecule has 0 spiro atoms. The number of aromatic amines is 1. The molecule has 0 aliphatic carbocycles. The first-order valence-electron chi connectivity index (χ1n) is 5.71. The second-order valence-electron chi connectivity index (χ2n) is 3.98. The van der Waals surface area contributed by atoms with Gasteiger partial charge in [-0.25, -0.2) is 4.79 Å². The zero-order chi connectivity index (χ0) is 14.5. The number of hydrogen-bond donors (Lipinski definition) is 3. The van der Waals surface area contributed by atoms with Gasteiger partial charge in [-0.05, 0) is 45.8 Å². The van der Waals surface area contributed by atoms with E-state index in [1.165, 1.54) is 6.08 Å². The monoisotopic (exact) mass is 334 g/mol. The van der Waals surface area contributed by atoms with Crippen LogP contribution < -0.4 is 5.32 Å². The Kier molecular flexibility index (Phi) is 4.37. The fourth-order valence-electron chi connectivity index (χ4n) is 1.54. The SMILES string of the molecule is O=C(O)/C=C/c1ccc(NC(=O)c2cc(Br)c[nH]2)cc1. The first-order valence-corrected chi connectivity index (χ1v) is 6.50. The maximum Gasteiger partial charge on any atom is 0.328 e. The molecule has 2 aromatic rings. The van der Waals surface area contributed by atoms with E-state index in [9.17, 15) is 9.59 Å². The number of aliphatic carboxylic acids is 1. The van der Waals surface area contributed by atoms with E-state index in [4.69, 9.17) is 5.11 Å². The van der Waals surface area contributed by atoms with Gasteiger partial charge in [-0.15, -0.1) is 0 Å². The lowest BCUT2D eigenvalue weighted by atomic mass is 10.2. The summed E-state index contributed by atoms with van der Waals surface area (Å²) in [6, 6.07) is 8.54. The van der Waals surface area contributed by atoms with Gasteiger partial charge in [-0.3, -0.25) is 4.79 Å². The number of benzene rings is 1. The van der Waals surface area contributed by atoms with Crippen molar-refractivity contribution < 1.29 is 14.7 Å². The van der Waals surface area contributed by atoms with Crippen LogP contribution in [0.5, 0.6) is 0 Å². The van der Waals surface area contributed by atoms with E-state index >= 15 is 0 Å². The molecule has 0 aliphatic heterocycles. The molecule has 5 nitrogen and oxygen atoms in total. The Balaban J connectivity index is 2.03. The Labute approximate surface area is 123 Å². The number of anilines is 1. The van der Waals surface area contributed by atoms with Crippen LogP contribution in [0.25, 0.3) is 6.08 Å². The first-order chi connectivity index (χ1) is 9.54. The number of rotatable bonds is 4. The summed E-state index contributed by atoms with van der Waals surface area (Å²) in [6.07, 6.45) is 4.22. The third-order valence-corrected chi connectivity index (χ3v) is 2.94. The van der Waals surface area contributed by atoms with Crippen molar-refractivity contribution in [1.82, 2.24) is 4.98 Å². The summed E-state index contributed by atoms with van der Waals surface area (Å²) < 4.78 is 0.803. The number of halogens is 1. The van der Waals surface area contributed by atoms with Gasteiger partial charge in [-0.1, -0.05) is 12.1 Å². The quantitative estimate of drug-likeness (QED) is 0.751. The van der Waals surface area contributed by atoms with Gasteiger partial charge >= 0.3 is 5.97 Å². The highest BCUT2D eigenvalue weighted by Gasteiger charge is 2.07. The van der Waals surface area contributed by atoms with E-state index in [1.807, 2.05) is 0 Å². The van der Waals surface area contributed by atoms with Crippen LogP contribution in [0.4, 0.5) is 5.69 Å². The number of hydrogen-bond acceptors (Lipinski definition) is 2. The normalized spacial score (nSPS) is 10.7. The van der Waals surface area contributed by atoms with Crippen molar-refractivity contribution in [3.05, 3.63) is 58.3 Å². The molecule has 0 fully saturated rings. The van der Waals surface area contributed by atoms with Crippen LogP contribution in [-0.4, -0.2) is 22.0 Å². The average molecular weight is 335 g/mol. The maximum atomic E-state index is 11.9. The molecule has 1 aromatic carbocycles. The summed E-state index contributed by atoms with van der Waals surface area (Å²) in [4.78, 5) is 25.1. The van der Waals surface area contributed by atoms with Crippen LogP contribution >= 0.6 is 15.9 Å². The summed E-state index contributed by atoms with van der Waals surface area (Å²) in [5, 5.41) is 11.3. The van der Waals surface area contributed by atoms with Crippen LogP contribution in [0.15, 0.2) is 47.1 Å². The summed E-state index contributed by atoms with van der Waals surface area (Å²) >= 11 is 3.26. The molecule has 102 valence electrons. The summed E-state index contributed by atoms with van der Waals surface area (Å²) in [7, 11) is 0. The first kappa shape index (κ1) is 14.1. The van der Waals surface area contributed by atoms with Gasteiger partial charge in [0.05, 0.1) is 0 Å². The molecular weight excluding hydrogens is 324 g/mol. The number of carbonyl (C=O) groups excluding carboxylic acids is 1. The average Bonchev–Trinajstić information content (AvgIpc) is 2.85. The third-order valence-electron chi connectivity index (χ3n) is 2.48. The fourth-order valence-corrected chi connectivity index (χ4v) is 1.89. The Hall–Kier alpha value is -2.34. The van der Waals surface area contributed by atoms with E-state index in [-0.39, 0.29) is 5.91 Å². The molecule has 2 rings (SSSR count). The van der Waals surface area contributed by atoms with E-state index in [0.29, 0.717) is 11.4 Å². The van der Waals surface area contributed by atoms with E-state index in [0.717, 1.165) is 16.1 Å². The molecule has 0 unspecified atom stereocenters. The Bertz CT molecular complexity index is 659. The highest BCUT2D eigenvalue weighted by atomic mass is 79.9. The predicted octanol–water partition coefficient (Wildman–Crippen LogP) is 3.13. The van der Waals surface area contributed by atoms with Crippen LogP contribution in [-0.2, 0) is 4.79 Å². The molecule has 0 saturated heterocycles. The highest BCUT2D eigenvalue weighted by molar-refractivity contribution is 9.10. The van der Waals surface area contributed by atoms with Gasteiger partial charge in [0, 0.05) is 22.4 Å². The molecule has 0 atom stereocenters. The van der Waals surface area contributed by atoms with Gasteiger partial charge < -0.3 is 15.4 Å². The molecule has 20 heavy (non-hydrogen) atoms. The van der Waals surface area contributed by atoms with Gasteiger partial charge in [-0.2, -0.15) is 0 Å². The van der Waals surface area contributed by atoms with Crippen LogP contribution in [0.2, 0.25) is 0 Å². The smallest absolute Gasteiger partial charge is 0.328 e. The number of carboxylic acids is 1. The van der Waals surface area contributed by atoms with Crippen LogP contribution in [0, 0.1) is 0 Å². The number of amides is 1. The van der Waals surface area contributed by atoms with Crippen molar-refractivity contribution in [1.29, 1.82) is 0 Å². The summed E-state index contributed by atoms with van der Waals surface area (Å²) in [6.45, 7) is 0. The Morgan fingerprint density at radius 1 is 1.25 bits per heavy atom. The predicted molar refractivity (Wildman–Crippen MR) is 79.6 cm³/mol. The van der Waals surface area contributed by atoms with Crippen LogP contribution in [0.3, 0.4) is 0 Å². The second kappa shape index (κ2) is 6.21. The number of H-pyrrole nitrogens is 1. The van der Waals surface area contributed by atoms with Crippen molar-refractivity contribution in [3.8, 4) is 0 Å². The topological polar surface area (TPSA) is 82.2 Å². The largest absolute Gasteiger partial charge is 0.478 e. The number of carbonyl (C=O) groups is 2. The zero-order valence-electron chi connectivity index (χ0n) is 10.3. The summed E-state index contributed by atoms with van der Waals surface area (Å²) in [5.74, 6) is -1.25. The van der Waals surface area contributed by atoms with Gasteiger partial charge in [0.15, 0.2) is 0 Å². The molecule has 1 amide bonds.